The Balaban J connectivity index is 1.45. The van der Waals surface area contributed by atoms with Crippen LogP contribution in [0.15, 0.2) is 36.7 Å². The number of piperidine rings is 1. The van der Waals surface area contributed by atoms with Crippen molar-refractivity contribution in [2.75, 3.05) is 18.8 Å². The van der Waals surface area contributed by atoms with Crippen molar-refractivity contribution in [3.05, 3.63) is 59.2 Å². The first-order valence-electron chi connectivity index (χ1n) is 11.2. The summed E-state index contributed by atoms with van der Waals surface area (Å²) < 4.78 is 20.1. The van der Waals surface area contributed by atoms with Crippen molar-refractivity contribution in [2.24, 2.45) is 0 Å². The van der Waals surface area contributed by atoms with Crippen LogP contribution in [0.1, 0.15) is 42.4 Å². The predicted octanol–water partition coefficient (Wildman–Crippen LogP) is 2.69. The van der Waals surface area contributed by atoms with Gasteiger partial charge in [0.2, 0.25) is 0 Å². The highest BCUT2D eigenvalue weighted by molar-refractivity contribution is 6.08. The summed E-state index contributed by atoms with van der Waals surface area (Å²) in [6, 6.07) is 6.34. The third-order valence-electron chi connectivity index (χ3n) is 5.91. The first kappa shape index (κ1) is 23.7. The van der Waals surface area contributed by atoms with Crippen LogP contribution >= 0.6 is 0 Å². The van der Waals surface area contributed by atoms with E-state index in [1.165, 1.54) is 17.3 Å². The molecule has 2 aliphatic rings. The summed E-state index contributed by atoms with van der Waals surface area (Å²) in [5, 5.41) is 31.7. The molecule has 1 saturated heterocycles. The number of pyridine rings is 1. The Bertz CT molecular complexity index is 1140. The lowest BCUT2D eigenvalue weighted by atomic mass is 10.1. The SMILES string of the molecule is N=C/C(=C\NC1CCN(O)CC1)c1cnc(N)c(OCc2cc(C#CC3(O)CC3)ccc2F)c1. The second-order valence-corrected chi connectivity index (χ2v) is 8.62. The van der Waals surface area contributed by atoms with Gasteiger partial charge in [-0.05, 0) is 49.9 Å². The van der Waals surface area contributed by atoms with Crippen molar-refractivity contribution in [2.45, 2.75) is 43.9 Å². The molecule has 178 valence electrons. The number of benzene rings is 1. The van der Waals surface area contributed by atoms with Crippen LogP contribution in [0, 0.1) is 23.1 Å². The normalized spacial score (nSPS) is 18.0. The van der Waals surface area contributed by atoms with Crippen molar-refractivity contribution < 1.29 is 19.4 Å². The maximum absolute atomic E-state index is 14.3. The fraction of sp³-hybridized carbons (Fsp3) is 0.360. The van der Waals surface area contributed by atoms with Crippen molar-refractivity contribution in [1.29, 1.82) is 5.41 Å². The molecule has 0 unspecified atom stereocenters. The molecule has 1 aliphatic heterocycles. The van der Waals surface area contributed by atoms with Crippen LogP contribution in [-0.2, 0) is 6.61 Å². The van der Waals surface area contributed by atoms with Gasteiger partial charge in [0.1, 0.15) is 18.0 Å². The Morgan fingerprint density at radius 1 is 1.35 bits per heavy atom. The third-order valence-corrected chi connectivity index (χ3v) is 5.91. The molecular formula is C25H28FN5O3. The Morgan fingerprint density at radius 3 is 2.82 bits per heavy atom. The number of aromatic nitrogens is 1. The minimum Gasteiger partial charge on any atom is -0.485 e. The molecule has 0 amide bonds. The number of nitrogens with two attached hydrogens (primary N) is 1. The monoisotopic (exact) mass is 465 g/mol. The molecule has 9 heteroatoms. The molecule has 34 heavy (non-hydrogen) atoms. The van der Waals surface area contributed by atoms with Crippen LogP contribution < -0.4 is 15.8 Å². The van der Waals surface area contributed by atoms with Gasteiger partial charge in [0.25, 0.3) is 0 Å². The number of hydroxylamine groups is 2. The minimum absolute atomic E-state index is 0.0808. The van der Waals surface area contributed by atoms with Crippen LogP contribution in [0.4, 0.5) is 10.2 Å². The smallest absolute Gasteiger partial charge is 0.166 e. The molecule has 1 aliphatic carbocycles. The van der Waals surface area contributed by atoms with E-state index in [0.29, 0.717) is 48.2 Å². The maximum atomic E-state index is 14.3. The van der Waals surface area contributed by atoms with E-state index < -0.39 is 11.4 Å². The number of anilines is 1. The molecule has 0 radical (unpaired) electrons. The predicted molar refractivity (Wildman–Crippen MR) is 127 cm³/mol. The Labute approximate surface area is 197 Å². The van der Waals surface area contributed by atoms with E-state index in [2.05, 4.69) is 22.1 Å². The first-order chi connectivity index (χ1) is 16.3. The largest absolute Gasteiger partial charge is 0.485 e. The molecule has 8 nitrogen and oxygen atoms in total. The molecule has 1 saturated carbocycles. The quantitative estimate of drug-likeness (QED) is 0.314. The summed E-state index contributed by atoms with van der Waals surface area (Å²) in [6.45, 7) is 1.11. The molecule has 0 spiro atoms. The molecule has 2 fully saturated rings. The van der Waals surface area contributed by atoms with Crippen molar-refractivity contribution in [3.63, 3.8) is 0 Å². The lowest BCUT2D eigenvalue weighted by Crippen LogP contribution is -2.39. The van der Waals surface area contributed by atoms with Crippen LogP contribution in [-0.4, -0.2) is 51.3 Å². The summed E-state index contributed by atoms with van der Waals surface area (Å²) >= 11 is 0. The van der Waals surface area contributed by atoms with Gasteiger partial charge >= 0.3 is 0 Å². The van der Waals surface area contributed by atoms with Crippen molar-refractivity contribution >= 4 is 17.6 Å². The number of nitrogens with zero attached hydrogens (tertiary/aromatic N) is 2. The molecule has 2 aromatic rings. The molecule has 0 bridgehead atoms. The molecule has 1 aromatic carbocycles. The number of aliphatic hydroxyl groups is 1. The minimum atomic E-state index is -0.906. The summed E-state index contributed by atoms with van der Waals surface area (Å²) in [5.74, 6) is 5.69. The first-order valence-corrected chi connectivity index (χ1v) is 11.2. The number of allylic oxidation sites excluding steroid dienone is 1. The van der Waals surface area contributed by atoms with Gasteiger partial charge in [-0.15, -0.1) is 0 Å². The zero-order valence-corrected chi connectivity index (χ0v) is 18.7. The third kappa shape index (κ3) is 6.11. The number of halogens is 1. The van der Waals surface area contributed by atoms with Gasteiger partial charge in [-0.3, -0.25) is 0 Å². The number of rotatable bonds is 7. The van der Waals surface area contributed by atoms with Crippen molar-refractivity contribution in [3.8, 4) is 17.6 Å². The van der Waals surface area contributed by atoms with E-state index in [0.717, 1.165) is 12.8 Å². The Morgan fingerprint density at radius 2 is 2.12 bits per heavy atom. The van der Waals surface area contributed by atoms with Crippen molar-refractivity contribution in [1.82, 2.24) is 15.4 Å². The highest BCUT2D eigenvalue weighted by Gasteiger charge is 2.38. The zero-order chi connectivity index (χ0) is 24.1. The van der Waals surface area contributed by atoms with Gasteiger partial charge in [0.15, 0.2) is 11.6 Å². The van der Waals surface area contributed by atoms with Crippen LogP contribution in [0.5, 0.6) is 5.75 Å². The van der Waals surface area contributed by atoms with E-state index in [1.54, 1.807) is 30.6 Å². The topological polar surface area (TPSA) is 128 Å². The van der Waals surface area contributed by atoms with Gasteiger partial charge in [0.05, 0.1) is 0 Å². The average Bonchev–Trinajstić information content (AvgIpc) is 3.58. The van der Waals surface area contributed by atoms with E-state index in [4.69, 9.17) is 15.9 Å². The van der Waals surface area contributed by atoms with Gasteiger partial charge in [0, 0.05) is 60.0 Å². The number of nitrogen functional groups attached to an aromatic ring is 1. The molecule has 2 heterocycles. The lowest BCUT2D eigenvalue weighted by Gasteiger charge is -2.27. The van der Waals surface area contributed by atoms with Crippen LogP contribution in [0.3, 0.4) is 0 Å². The standard InChI is InChI=1S/C25H28FN5O3/c26-22-2-1-17(3-6-25(32)7-8-25)11-19(22)16-34-23-12-18(14-30-24(23)28)20(13-27)15-29-21-4-9-31(33)10-5-21/h1-2,11-15,21,27,29,32-33H,4-5,7-10,16H2,(H2,28,30)/b20-15+,27-13?. The maximum Gasteiger partial charge on any atom is 0.166 e. The molecule has 0 atom stereocenters. The number of ether oxygens (including phenoxy) is 1. The summed E-state index contributed by atoms with van der Waals surface area (Å²) in [7, 11) is 0. The molecule has 4 rings (SSSR count). The lowest BCUT2D eigenvalue weighted by molar-refractivity contribution is -0.107. The van der Waals surface area contributed by atoms with Gasteiger partial charge in [-0.2, -0.15) is 5.06 Å². The molecule has 6 N–H and O–H groups in total. The van der Waals surface area contributed by atoms with Gasteiger partial charge < -0.3 is 31.5 Å². The van der Waals surface area contributed by atoms with E-state index >= 15 is 0 Å². The van der Waals surface area contributed by atoms with E-state index in [-0.39, 0.29) is 24.2 Å². The van der Waals surface area contributed by atoms with Gasteiger partial charge in [-0.1, -0.05) is 11.8 Å². The fourth-order valence-corrected chi connectivity index (χ4v) is 3.53. The number of hydrogen-bond acceptors (Lipinski definition) is 8. The fourth-order valence-electron chi connectivity index (χ4n) is 3.53. The Hall–Kier alpha value is -3.45. The summed E-state index contributed by atoms with van der Waals surface area (Å²) in [6.07, 6.45) is 7.41. The second kappa shape index (κ2) is 10.2. The summed E-state index contributed by atoms with van der Waals surface area (Å²) in [4.78, 5) is 4.17. The molecular weight excluding hydrogens is 437 g/mol. The zero-order valence-electron chi connectivity index (χ0n) is 18.7. The second-order valence-electron chi connectivity index (χ2n) is 8.62. The number of nitrogens with one attached hydrogen (secondary N) is 2. The summed E-state index contributed by atoms with van der Waals surface area (Å²) in [5.41, 5.74) is 7.17. The van der Waals surface area contributed by atoms with Gasteiger partial charge in [-0.25, -0.2) is 9.37 Å². The van der Waals surface area contributed by atoms with Crippen LogP contribution in [0.25, 0.3) is 5.57 Å². The Kier molecular flexibility index (Phi) is 7.12. The van der Waals surface area contributed by atoms with E-state index in [1.807, 2.05) is 0 Å². The average molecular weight is 466 g/mol. The highest BCUT2D eigenvalue weighted by Crippen LogP contribution is 2.34. The van der Waals surface area contributed by atoms with E-state index in [9.17, 15) is 14.7 Å². The highest BCUT2D eigenvalue weighted by atomic mass is 19.1. The number of hydrogen-bond donors (Lipinski definition) is 5. The molecule has 1 aromatic heterocycles. The van der Waals surface area contributed by atoms with Crippen LogP contribution in [0.2, 0.25) is 0 Å².